The quantitative estimate of drug-likeness (QED) is 0.664. The van der Waals surface area contributed by atoms with E-state index in [2.05, 4.69) is 20.9 Å². The molecule has 0 spiro atoms. The molecule has 1 aromatic heterocycles. The summed E-state index contributed by atoms with van der Waals surface area (Å²) in [5, 5.41) is 21.9. The van der Waals surface area contributed by atoms with Gasteiger partial charge >= 0.3 is 5.69 Å². The molecule has 0 unspecified atom stereocenters. The first-order chi connectivity index (χ1) is 10.1. The van der Waals surface area contributed by atoms with E-state index in [1.807, 2.05) is 23.1 Å². The summed E-state index contributed by atoms with van der Waals surface area (Å²) in [5.74, 6) is 0. The Labute approximate surface area is 129 Å². The van der Waals surface area contributed by atoms with Gasteiger partial charge in [-0.25, -0.2) is 4.98 Å². The van der Waals surface area contributed by atoms with E-state index >= 15 is 0 Å². The number of aliphatic hydroxyl groups is 1. The van der Waals surface area contributed by atoms with Crippen LogP contribution in [0.3, 0.4) is 0 Å². The number of rotatable bonds is 2. The number of aliphatic hydroxyl groups excluding tert-OH is 1. The summed E-state index contributed by atoms with van der Waals surface area (Å²) in [5.41, 5.74) is 1.23. The van der Waals surface area contributed by atoms with Crippen LogP contribution in [-0.2, 0) is 0 Å². The van der Waals surface area contributed by atoms with E-state index in [4.69, 9.17) is 0 Å². The molecular weight excluding hydrogens is 338 g/mol. The second kappa shape index (κ2) is 5.57. The number of pyridine rings is 1. The lowest BCUT2D eigenvalue weighted by Crippen LogP contribution is -2.38. The van der Waals surface area contributed by atoms with Gasteiger partial charge in [0.2, 0.25) is 0 Å². The van der Waals surface area contributed by atoms with Crippen molar-refractivity contribution in [2.24, 2.45) is 0 Å². The number of benzene rings is 1. The molecule has 1 aliphatic rings. The van der Waals surface area contributed by atoms with E-state index in [0.29, 0.717) is 24.3 Å². The van der Waals surface area contributed by atoms with Gasteiger partial charge in [0.25, 0.3) is 0 Å². The number of hydrogen-bond donors (Lipinski definition) is 1. The third-order valence-corrected chi connectivity index (χ3v) is 4.18. The average Bonchev–Trinajstić information content (AvgIpc) is 2.45. The van der Waals surface area contributed by atoms with E-state index in [9.17, 15) is 15.2 Å². The Morgan fingerprint density at radius 3 is 3.00 bits per heavy atom. The third-order valence-electron chi connectivity index (χ3n) is 3.69. The minimum Gasteiger partial charge on any atom is -0.391 e. The molecular formula is C14H14BrN3O3. The normalized spacial score (nSPS) is 19.0. The second-order valence-corrected chi connectivity index (χ2v) is 6.07. The van der Waals surface area contributed by atoms with Crippen LogP contribution in [0.15, 0.2) is 28.9 Å². The molecule has 1 aliphatic heterocycles. The molecule has 0 amide bonds. The largest absolute Gasteiger partial charge is 0.391 e. The van der Waals surface area contributed by atoms with Crippen LogP contribution in [-0.4, -0.2) is 34.2 Å². The van der Waals surface area contributed by atoms with Crippen molar-refractivity contribution in [1.82, 2.24) is 4.98 Å². The molecule has 0 bridgehead atoms. The molecule has 0 saturated carbocycles. The van der Waals surface area contributed by atoms with Crippen LogP contribution in [0.1, 0.15) is 12.8 Å². The Kier molecular flexibility index (Phi) is 3.77. The molecule has 7 heteroatoms. The van der Waals surface area contributed by atoms with Gasteiger partial charge in [-0.2, -0.15) is 0 Å². The highest BCUT2D eigenvalue weighted by Crippen LogP contribution is 2.37. The molecule has 6 nitrogen and oxygen atoms in total. The minimum atomic E-state index is -0.450. The zero-order chi connectivity index (χ0) is 15.0. The molecule has 1 aromatic carbocycles. The number of halogens is 1. The second-order valence-electron chi connectivity index (χ2n) is 5.15. The molecule has 0 radical (unpaired) electrons. The van der Waals surface area contributed by atoms with E-state index in [1.54, 1.807) is 0 Å². The maximum Gasteiger partial charge on any atom is 0.311 e. The summed E-state index contributed by atoms with van der Waals surface area (Å²) in [6.07, 6.45) is 2.40. The van der Waals surface area contributed by atoms with Crippen molar-refractivity contribution in [2.45, 2.75) is 18.9 Å². The highest BCUT2D eigenvalue weighted by molar-refractivity contribution is 9.10. The number of nitrogens with zero attached hydrogens (tertiary/aromatic N) is 3. The predicted octanol–water partition coefficient (Wildman–Crippen LogP) is 2.87. The summed E-state index contributed by atoms with van der Waals surface area (Å²) in [7, 11) is 0. The van der Waals surface area contributed by atoms with E-state index in [-0.39, 0.29) is 5.69 Å². The van der Waals surface area contributed by atoms with Crippen molar-refractivity contribution in [2.75, 3.05) is 18.0 Å². The summed E-state index contributed by atoms with van der Waals surface area (Å²) < 4.78 is 0.844. The van der Waals surface area contributed by atoms with E-state index in [0.717, 1.165) is 22.7 Å². The topological polar surface area (TPSA) is 79.5 Å². The van der Waals surface area contributed by atoms with Gasteiger partial charge < -0.3 is 10.0 Å². The van der Waals surface area contributed by atoms with Crippen LogP contribution in [0.2, 0.25) is 0 Å². The zero-order valence-corrected chi connectivity index (χ0v) is 12.8. The number of fused-ring (bicyclic) bond motifs is 1. The van der Waals surface area contributed by atoms with Crippen molar-refractivity contribution in [3.8, 4) is 0 Å². The monoisotopic (exact) mass is 351 g/mol. The van der Waals surface area contributed by atoms with Crippen molar-refractivity contribution in [3.63, 3.8) is 0 Å². The summed E-state index contributed by atoms with van der Waals surface area (Å²) in [6.45, 7) is 1.11. The Morgan fingerprint density at radius 2 is 2.29 bits per heavy atom. The Balaban J connectivity index is 2.22. The molecule has 110 valence electrons. The molecule has 0 aliphatic carbocycles. The Bertz CT molecular complexity index is 707. The van der Waals surface area contributed by atoms with Gasteiger partial charge in [0.15, 0.2) is 0 Å². The van der Waals surface area contributed by atoms with E-state index in [1.165, 1.54) is 6.20 Å². The summed E-state index contributed by atoms with van der Waals surface area (Å²) in [4.78, 5) is 17.0. The number of hydrogen-bond acceptors (Lipinski definition) is 5. The lowest BCUT2D eigenvalue weighted by molar-refractivity contribution is -0.384. The molecule has 1 fully saturated rings. The fourth-order valence-electron chi connectivity index (χ4n) is 2.76. The van der Waals surface area contributed by atoms with E-state index < -0.39 is 11.0 Å². The molecule has 1 atom stereocenters. The fraction of sp³-hybridized carbons (Fsp3) is 0.357. The number of nitro groups is 1. The van der Waals surface area contributed by atoms with Gasteiger partial charge in [0.05, 0.1) is 16.5 Å². The Morgan fingerprint density at radius 1 is 1.48 bits per heavy atom. The first-order valence-electron chi connectivity index (χ1n) is 6.72. The number of anilines is 1. The first-order valence-corrected chi connectivity index (χ1v) is 7.51. The van der Waals surface area contributed by atoms with Crippen molar-refractivity contribution >= 4 is 38.2 Å². The molecule has 3 rings (SSSR count). The van der Waals surface area contributed by atoms with Crippen LogP contribution >= 0.6 is 15.9 Å². The SMILES string of the molecule is O=[N+]([O-])c1cnc2ccc(Br)cc2c1N1CCC[C@@H](O)C1. The van der Waals surface area contributed by atoms with Gasteiger partial charge in [-0.05, 0) is 31.0 Å². The van der Waals surface area contributed by atoms with Crippen LogP contribution in [0.25, 0.3) is 10.9 Å². The predicted molar refractivity (Wildman–Crippen MR) is 83.6 cm³/mol. The lowest BCUT2D eigenvalue weighted by Gasteiger charge is -2.32. The minimum absolute atomic E-state index is 0.0188. The van der Waals surface area contributed by atoms with Crippen LogP contribution in [0.4, 0.5) is 11.4 Å². The van der Waals surface area contributed by atoms with Crippen LogP contribution in [0.5, 0.6) is 0 Å². The van der Waals surface area contributed by atoms with Crippen molar-refractivity contribution in [3.05, 3.63) is 39.0 Å². The maximum absolute atomic E-state index is 11.3. The number of β-amino-alcohol motifs (C(OH)–C–C–N with tert-alkyl or cyclic N) is 1. The molecule has 2 aromatic rings. The molecule has 1 N–H and O–H groups in total. The smallest absolute Gasteiger partial charge is 0.311 e. The highest BCUT2D eigenvalue weighted by Gasteiger charge is 2.27. The van der Waals surface area contributed by atoms with Gasteiger partial charge in [-0.15, -0.1) is 0 Å². The molecule has 2 heterocycles. The highest BCUT2D eigenvalue weighted by atomic mass is 79.9. The van der Waals surface area contributed by atoms with Crippen molar-refractivity contribution in [1.29, 1.82) is 0 Å². The fourth-order valence-corrected chi connectivity index (χ4v) is 3.13. The Hall–Kier alpha value is -1.73. The number of aromatic nitrogens is 1. The zero-order valence-electron chi connectivity index (χ0n) is 11.2. The standard InChI is InChI=1S/C14H14BrN3O3/c15-9-3-4-12-11(6-9)14(13(7-16-12)18(20)21)17-5-1-2-10(19)8-17/h3-4,6-7,10,19H,1-2,5,8H2/t10-/m1/s1. The summed E-state index contributed by atoms with van der Waals surface area (Å²) >= 11 is 3.40. The first kappa shape index (κ1) is 14.2. The average molecular weight is 352 g/mol. The number of piperidine rings is 1. The van der Waals surface area contributed by atoms with Crippen LogP contribution in [0, 0.1) is 10.1 Å². The molecule has 21 heavy (non-hydrogen) atoms. The van der Waals surface area contributed by atoms with Crippen molar-refractivity contribution < 1.29 is 10.0 Å². The lowest BCUT2D eigenvalue weighted by atomic mass is 10.1. The van der Waals surface area contributed by atoms with Gasteiger partial charge in [0.1, 0.15) is 11.9 Å². The van der Waals surface area contributed by atoms with Crippen LogP contribution < -0.4 is 4.90 Å². The van der Waals surface area contributed by atoms with Gasteiger partial charge in [0, 0.05) is 22.9 Å². The maximum atomic E-state index is 11.3. The summed E-state index contributed by atoms with van der Waals surface area (Å²) in [6, 6.07) is 5.52. The van der Waals surface area contributed by atoms with Gasteiger partial charge in [-0.1, -0.05) is 15.9 Å². The van der Waals surface area contributed by atoms with Gasteiger partial charge in [-0.3, -0.25) is 10.1 Å². The third kappa shape index (κ3) is 2.71. The molecule has 1 saturated heterocycles.